The lowest BCUT2D eigenvalue weighted by Gasteiger charge is -2.37. The molecule has 38 heavy (non-hydrogen) atoms. The average molecular weight is 520 g/mol. The molecule has 0 aliphatic heterocycles. The lowest BCUT2D eigenvalue weighted by Crippen LogP contribution is -2.49. The second-order valence-electron chi connectivity index (χ2n) is 10.3. The molecule has 1 heterocycles. The van der Waals surface area contributed by atoms with E-state index < -0.39 is 0 Å². The minimum atomic E-state index is -0.256. The van der Waals surface area contributed by atoms with Crippen LogP contribution < -0.4 is 4.74 Å². The fourth-order valence-corrected chi connectivity index (χ4v) is 5.17. The summed E-state index contributed by atoms with van der Waals surface area (Å²) in [5.41, 5.74) is 2.51. The second-order valence-corrected chi connectivity index (χ2v) is 10.3. The Morgan fingerprint density at radius 1 is 1.03 bits per heavy atom. The summed E-state index contributed by atoms with van der Waals surface area (Å²) in [6.45, 7) is 4.95. The summed E-state index contributed by atoms with van der Waals surface area (Å²) in [6.07, 6.45) is 7.32. The SMILES string of the molecule is COc1cccc(C(=O)N(CC(=O)N(Cc2cccn2Cc2ccc(F)cc2)C2CCCCC2)C(C)C)c1. The topological polar surface area (TPSA) is 54.8 Å². The van der Waals surface area contributed by atoms with Gasteiger partial charge in [0.1, 0.15) is 18.1 Å². The van der Waals surface area contributed by atoms with Crippen LogP contribution in [0.4, 0.5) is 4.39 Å². The van der Waals surface area contributed by atoms with Gasteiger partial charge in [-0.1, -0.05) is 37.5 Å². The van der Waals surface area contributed by atoms with Crippen LogP contribution in [0.2, 0.25) is 0 Å². The number of halogens is 1. The quantitative estimate of drug-likeness (QED) is 0.335. The van der Waals surface area contributed by atoms with Crippen molar-refractivity contribution in [3.63, 3.8) is 0 Å². The number of amides is 2. The molecule has 4 rings (SSSR count). The second kappa shape index (κ2) is 12.8. The van der Waals surface area contributed by atoms with Crippen LogP contribution in [0.3, 0.4) is 0 Å². The summed E-state index contributed by atoms with van der Waals surface area (Å²) in [5, 5.41) is 0. The molecule has 0 radical (unpaired) electrons. The van der Waals surface area contributed by atoms with Crippen molar-refractivity contribution < 1.29 is 18.7 Å². The van der Waals surface area contributed by atoms with Crippen molar-refractivity contribution in [2.45, 2.75) is 71.1 Å². The van der Waals surface area contributed by atoms with Gasteiger partial charge in [-0.3, -0.25) is 9.59 Å². The molecule has 0 spiro atoms. The molecule has 3 aromatic rings. The maximum absolute atomic E-state index is 13.9. The van der Waals surface area contributed by atoms with E-state index in [1.807, 2.05) is 37.1 Å². The third-order valence-corrected chi connectivity index (χ3v) is 7.36. The van der Waals surface area contributed by atoms with Crippen LogP contribution in [0, 0.1) is 5.82 Å². The summed E-state index contributed by atoms with van der Waals surface area (Å²) in [4.78, 5) is 31.0. The lowest BCUT2D eigenvalue weighted by molar-refractivity contribution is -0.136. The standard InChI is InChI=1S/C31H38FN3O3/c1-23(2)34(31(37)25-9-7-13-29(19-25)38-3)22-30(36)35(27-10-5-4-6-11-27)21-28-12-8-18-33(28)20-24-14-16-26(32)17-15-24/h7-9,12-19,23,27H,4-6,10-11,20-22H2,1-3H3. The van der Waals surface area contributed by atoms with E-state index in [1.165, 1.54) is 18.6 Å². The molecule has 1 aromatic heterocycles. The highest BCUT2D eigenvalue weighted by molar-refractivity contribution is 5.97. The molecule has 1 aliphatic carbocycles. The van der Waals surface area contributed by atoms with E-state index in [-0.39, 0.29) is 36.3 Å². The molecule has 7 heteroatoms. The van der Waals surface area contributed by atoms with Gasteiger partial charge in [0.05, 0.1) is 13.7 Å². The zero-order valence-electron chi connectivity index (χ0n) is 22.6. The van der Waals surface area contributed by atoms with Gasteiger partial charge in [-0.05, 0) is 74.7 Å². The predicted octanol–water partition coefficient (Wildman–Crippen LogP) is 5.90. The van der Waals surface area contributed by atoms with E-state index in [0.29, 0.717) is 24.4 Å². The van der Waals surface area contributed by atoms with Gasteiger partial charge in [-0.2, -0.15) is 0 Å². The number of ether oxygens (including phenoxy) is 1. The number of nitrogens with zero attached hydrogens (tertiary/aromatic N) is 3. The Labute approximate surface area is 225 Å². The summed E-state index contributed by atoms with van der Waals surface area (Å²) < 4.78 is 20.8. The Morgan fingerprint density at radius 3 is 2.45 bits per heavy atom. The van der Waals surface area contributed by atoms with Crippen LogP contribution in [0.15, 0.2) is 66.9 Å². The predicted molar refractivity (Wildman–Crippen MR) is 147 cm³/mol. The van der Waals surface area contributed by atoms with Crippen molar-refractivity contribution in [3.8, 4) is 5.75 Å². The van der Waals surface area contributed by atoms with Crippen molar-refractivity contribution in [1.29, 1.82) is 0 Å². The molecule has 0 atom stereocenters. The minimum Gasteiger partial charge on any atom is -0.497 e. The molecule has 6 nitrogen and oxygen atoms in total. The smallest absolute Gasteiger partial charge is 0.254 e. The summed E-state index contributed by atoms with van der Waals surface area (Å²) >= 11 is 0. The molecule has 0 N–H and O–H groups in total. The Bertz CT molecular complexity index is 1220. The Hall–Kier alpha value is -3.61. The largest absolute Gasteiger partial charge is 0.497 e. The molecule has 0 bridgehead atoms. The number of hydrogen-bond acceptors (Lipinski definition) is 3. The van der Waals surface area contributed by atoms with E-state index in [1.54, 1.807) is 48.4 Å². The molecule has 2 aromatic carbocycles. The first-order valence-electron chi connectivity index (χ1n) is 13.5. The number of benzene rings is 2. The molecular formula is C31H38FN3O3. The summed E-state index contributed by atoms with van der Waals surface area (Å²) in [5.74, 6) is 0.122. The van der Waals surface area contributed by atoms with Crippen LogP contribution >= 0.6 is 0 Å². The molecule has 1 saturated carbocycles. The maximum atomic E-state index is 13.9. The normalized spacial score (nSPS) is 13.9. The van der Waals surface area contributed by atoms with Gasteiger partial charge in [0.15, 0.2) is 0 Å². The van der Waals surface area contributed by atoms with E-state index >= 15 is 0 Å². The van der Waals surface area contributed by atoms with E-state index in [9.17, 15) is 14.0 Å². The first kappa shape index (κ1) is 27.4. The summed E-state index contributed by atoms with van der Waals surface area (Å²) in [7, 11) is 1.57. The zero-order chi connectivity index (χ0) is 27.1. The Morgan fingerprint density at radius 2 is 1.76 bits per heavy atom. The fourth-order valence-electron chi connectivity index (χ4n) is 5.17. The van der Waals surface area contributed by atoms with Crippen molar-refractivity contribution in [1.82, 2.24) is 14.4 Å². The summed E-state index contributed by atoms with van der Waals surface area (Å²) in [6, 6.07) is 17.6. The molecule has 0 unspecified atom stereocenters. The van der Waals surface area contributed by atoms with E-state index in [2.05, 4.69) is 4.57 Å². The maximum Gasteiger partial charge on any atom is 0.254 e. The van der Waals surface area contributed by atoms with Gasteiger partial charge in [-0.15, -0.1) is 0 Å². The molecule has 1 fully saturated rings. The number of carbonyl (C=O) groups excluding carboxylic acids is 2. The number of hydrogen-bond donors (Lipinski definition) is 0. The number of rotatable bonds is 10. The van der Waals surface area contributed by atoms with Gasteiger partial charge in [0, 0.05) is 36.1 Å². The Balaban J connectivity index is 1.55. The Kier molecular flexibility index (Phi) is 9.21. The highest BCUT2D eigenvalue weighted by Gasteiger charge is 2.30. The van der Waals surface area contributed by atoms with E-state index in [0.717, 1.165) is 36.9 Å². The van der Waals surface area contributed by atoms with Crippen LogP contribution in [0.25, 0.3) is 0 Å². The number of carbonyl (C=O) groups is 2. The molecule has 1 aliphatic rings. The van der Waals surface area contributed by atoms with Crippen LogP contribution in [0.5, 0.6) is 5.75 Å². The molecule has 2 amide bonds. The van der Waals surface area contributed by atoms with Gasteiger partial charge >= 0.3 is 0 Å². The van der Waals surface area contributed by atoms with Crippen LogP contribution in [-0.2, 0) is 17.9 Å². The molecule has 0 saturated heterocycles. The molecular weight excluding hydrogens is 481 g/mol. The van der Waals surface area contributed by atoms with Gasteiger partial charge in [0.25, 0.3) is 5.91 Å². The van der Waals surface area contributed by atoms with Gasteiger partial charge in [-0.25, -0.2) is 4.39 Å². The third kappa shape index (κ3) is 6.82. The molecule has 202 valence electrons. The van der Waals surface area contributed by atoms with Crippen molar-refractivity contribution in [3.05, 3.63) is 89.5 Å². The van der Waals surface area contributed by atoms with Crippen molar-refractivity contribution in [2.75, 3.05) is 13.7 Å². The monoisotopic (exact) mass is 519 g/mol. The average Bonchev–Trinajstić information content (AvgIpc) is 3.37. The fraction of sp³-hybridized carbons (Fsp3) is 0.419. The van der Waals surface area contributed by atoms with Gasteiger partial charge < -0.3 is 19.1 Å². The highest BCUT2D eigenvalue weighted by Crippen LogP contribution is 2.25. The first-order valence-corrected chi connectivity index (χ1v) is 13.5. The highest BCUT2D eigenvalue weighted by atomic mass is 19.1. The zero-order valence-corrected chi connectivity index (χ0v) is 22.6. The number of methoxy groups -OCH3 is 1. The number of aromatic nitrogens is 1. The van der Waals surface area contributed by atoms with Crippen molar-refractivity contribution in [2.24, 2.45) is 0 Å². The third-order valence-electron chi connectivity index (χ3n) is 7.36. The van der Waals surface area contributed by atoms with E-state index in [4.69, 9.17) is 4.74 Å². The lowest BCUT2D eigenvalue weighted by atomic mass is 9.94. The van der Waals surface area contributed by atoms with Crippen LogP contribution in [-0.4, -0.2) is 51.9 Å². The van der Waals surface area contributed by atoms with Crippen molar-refractivity contribution >= 4 is 11.8 Å². The van der Waals surface area contributed by atoms with Crippen LogP contribution in [0.1, 0.15) is 67.6 Å². The minimum absolute atomic E-state index is 0.0167. The first-order chi connectivity index (χ1) is 18.4. The van der Waals surface area contributed by atoms with Gasteiger partial charge in [0.2, 0.25) is 5.91 Å².